The highest BCUT2D eigenvalue weighted by molar-refractivity contribution is 6.29. The van der Waals surface area contributed by atoms with Crippen LogP contribution < -0.4 is 10.1 Å². The molecule has 1 aromatic carbocycles. The Morgan fingerprint density at radius 2 is 2.19 bits per heavy atom. The summed E-state index contributed by atoms with van der Waals surface area (Å²) in [6, 6.07) is 9.33. The maximum atomic E-state index is 11.8. The molecule has 26 heavy (non-hydrogen) atoms. The molecule has 134 valence electrons. The normalized spacial score (nSPS) is 17.0. The zero-order valence-corrected chi connectivity index (χ0v) is 14.8. The van der Waals surface area contributed by atoms with E-state index in [1.165, 1.54) is 0 Å². The van der Waals surface area contributed by atoms with Crippen molar-refractivity contribution in [2.24, 2.45) is 5.92 Å². The molecule has 1 aliphatic rings. The Morgan fingerprint density at radius 3 is 2.96 bits per heavy atom. The first kappa shape index (κ1) is 16.8. The summed E-state index contributed by atoms with van der Waals surface area (Å²) in [4.78, 5) is 20.4. The van der Waals surface area contributed by atoms with Crippen molar-refractivity contribution in [3.8, 4) is 5.75 Å². The number of carbonyl (C=O) groups excluding carboxylic acids is 1. The fraction of sp³-hybridized carbons (Fsp3) is 0.316. The second-order valence-corrected chi connectivity index (χ2v) is 6.63. The highest BCUT2D eigenvalue weighted by atomic mass is 35.5. The third-order valence-corrected chi connectivity index (χ3v) is 4.71. The van der Waals surface area contributed by atoms with Gasteiger partial charge in [-0.3, -0.25) is 4.79 Å². The SMILES string of the molecule is O=C1CCCC1COc1cccc2c(NCc3ccco3)nc(Cl)nc12. The van der Waals surface area contributed by atoms with Crippen molar-refractivity contribution >= 4 is 34.1 Å². The van der Waals surface area contributed by atoms with E-state index in [1.807, 2.05) is 30.3 Å². The highest BCUT2D eigenvalue weighted by Crippen LogP contribution is 2.31. The van der Waals surface area contributed by atoms with Gasteiger partial charge >= 0.3 is 0 Å². The van der Waals surface area contributed by atoms with Gasteiger partial charge in [0, 0.05) is 11.8 Å². The van der Waals surface area contributed by atoms with E-state index in [1.54, 1.807) is 6.26 Å². The standard InChI is InChI=1S/C19H18ClN3O3/c20-19-22-17-14(18(23-19)21-10-13-5-3-9-25-13)6-2-8-16(17)26-11-12-4-1-7-15(12)24/h2-3,5-6,8-9,12H,1,4,7,10-11H2,(H,21,22,23). The number of rotatable bonds is 6. The van der Waals surface area contributed by atoms with E-state index < -0.39 is 0 Å². The number of benzene rings is 1. The summed E-state index contributed by atoms with van der Waals surface area (Å²) in [5, 5.41) is 4.16. The van der Waals surface area contributed by atoms with Gasteiger partial charge in [-0.25, -0.2) is 9.97 Å². The van der Waals surface area contributed by atoms with Crippen LogP contribution in [0.3, 0.4) is 0 Å². The molecule has 6 nitrogen and oxygen atoms in total. The molecule has 2 heterocycles. The predicted molar refractivity (Wildman–Crippen MR) is 98.4 cm³/mol. The van der Waals surface area contributed by atoms with E-state index in [2.05, 4.69) is 15.3 Å². The van der Waals surface area contributed by atoms with Crippen molar-refractivity contribution < 1.29 is 13.9 Å². The number of ketones is 1. The van der Waals surface area contributed by atoms with Crippen LogP contribution >= 0.6 is 11.6 Å². The second kappa shape index (κ2) is 7.33. The summed E-state index contributed by atoms with van der Waals surface area (Å²) < 4.78 is 11.2. The zero-order valence-electron chi connectivity index (χ0n) is 14.1. The topological polar surface area (TPSA) is 77.2 Å². The molecule has 0 amide bonds. The maximum Gasteiger partial charge on any atom is 0.225 e. The number of carbonyl (C=O) groups is 1. The molecular weight excluding hydrogens is 354 g/mol. The molecule has 1 saturated carbocycles. The van der Waals surface area contributed by atoms with Gasteiger partial charge in [0.1, 0.15) is 28.6 Å². The molecule has 0 spiro atoms. The summed E-state index contributed by atoms with van der Waals surface area (Å²) in [7, 11) is 0. The van der Waals surface area contributed by atoms with Crippen molar-refractivity contribution in [3.05, 3.63) is 47.6 Å². The quantitative estimate of drug-likeness (QED) is 0.653. The molecule has 0 saturated heterocycles. The fourth-order valence-corrected chi connectivity index (χ4v) is 3.36. The lowest BCUT2D eigenvalue weighted by Crippen LogP contribution is -2.16. The average molecular weight is 372 g/mol. The highest BCUT2D eigenvalue weighted by Gasteiger charge is 2.25. The van der Waals surface area contributed by atoms with Crippen LogP contribution in [0.4, 0.5) is 5.82 Å². The molecule has 0 bridgehead atoms. The third-order valence-electron chi connectivity index (χ3n) is 4.54. The van der Waals surface area contributed by atoms with E-state index in [-0.39, 0.29) is 17.0 Å². The first-order chi connectivity index (χ1) is 12.7. The number of fused-ring (bicyclic) bond motifs is 1. The molecule has 4 rings (SSSR count). The van der Waals surface area contributed by atoms with Crippen LogP contribution in [0.5, 0.6) is 5.75 Å². The van der Waals surface area contributed by atoms with Crippen molar-refractivity contribution in [1.82, 2.24) is 9.97 Å². The number of halogens is 1. The molecule has 0 radical (unpaired) electrons. The third kappa shape index (κ3) is 3.51. The van der Waals surface area contributed by atoms with Crippen LogP contribution in [0.15, 0.2) is 41.0 Å². The summed E-state index contributed by atoms with van der Waals surface area (Å²) in [6.07, 6.45) is 4.10. The lowest BCUT2D eigenvalue weighted by atomic mass is 10.1. The molecule has 1 fully saturated rings. The lowest BCUT2D eigenvalue weighted by Gasteiger charge is -2.14. The number of anilines is 1. The van der Waals surface area contributed by atoms with Gasteiger partial charge in [-0.05, 0) is 48.7 Å². The molecule has 1 unspecified atom stereocenters. The van der Waals surface area contributed by atoms with Crippen molar-refractivity contribution in [1.29, 1.82) is 0 Å². The number of nitrogens with one attached hydrogen (secondary N) is 1. The van der Waals surface area contributed by atoms with Crippen molar-refractivity contribution in [2.45, 2.75) is 25.8 Å². The van der Waals surface area contributed by atoms with E-state index in [9.17, 15) is 4.79 Å². The van der Waals surface area contributed by atoms with E-state index in [4.69, 9.17) is 20.8 Å². The Bertz CT molecular complexity index is 927. The smallest absolute Gasteiger partial charge is 0.225 e. The van der Waals surface area contributed by atoms with Crippen molar-refractivity contribution in [2.75, 3.05) is 11.9 Å². The maximum absolute atomic E-state index is 11.8. The number of nitrogens with zero attached hydrogens (tertiary/aromatic N) is 2. The number of hydrogen-bond acceptors (Lipinski definition) is 6. The Hall–Kier alpha value is -2.60. The molecule has 3 aromatic rings. The molecule has 1 atom stereocenters. The van der Waals surface area contributed by atoms with Crippen molar-refractivity contribution in [3.63, 3.8) is 0 Å². The molecule has 0 aliphatic heterocycles. The van der Waals surface area contributed by atoms with Crippen LogP contribution in [-0.4, -0.2) is 22.4 Å². The van der Waals surface area contributed by atoms with Crippen LogP contribution in [-0.2, 0) is 11.3 Å². The van der Waals surface area contributed by atoms with E-state index in [0.717, 1.165) is 24.0 Å². The fourth-order valence-electron chi connectivity index (χ4n) is 3.19. The Labute approximate surface area is 155 Å². The number of hydrogen-bond donors (Lipinski definition) is 1. The van der Waals surface area contributed by atoms with Gasteiger partial charge in [-0.1, -0.05) is 6.07 Å². The number of Topliss-reactive ketones (excluding diaryl/α,β-unsaturated/α-hetero) is 1. The monoisotopic (exact) mass is 371 g/mol. The lowest BCUT2D eigenvalue weighted by molar-refractivity contribution is -0.121. The van der Waals surface area contributed by atoms with Gasteiger partial charge in [0.2, 0.25) is 5.28 Å². The number of para-hydroxylation sites is 1. The minimum Gasteiger partial charge on any atom is -0.491 e. The van der Waals surface area contributed by atoms with Gasteiger partial charge in [-0.2, -0.15) is 0 Å². The van der Waals surface area contributed by atoms with Crippen LogP contribution in [0.1, 0.15) is 25.0 Å². The Morgan fingerprint density at radius 1 is 1.27 bits per heavy atom. The van der Waals surface area contributed by atoms with Crippen LogP contribution in [0.2, 0.25) is 5.28 Å². The summed E-state index contributed by atoms with van der Waals surface area (Å²) in [5.41, 5.74) is 0.625. The predicted octanol–water partition coefficient (Wildman–Crippen LogP) is 4.24. The van der Waals surface area contributed by atoms with Gasteiger partial charge in [0.05, 0.1) is 25.3 Å². The van der Waals surface area contributed by atoms with Gasteiger partial charge < -0.3 is 14.5 Å². The molecule has 2 aromatic heterocycles. The second-order valence-electron chi connectivity index (χ2n) is 6.29. The number of aromatic nitrogens is 2. The van der Waals surface area contributed by atoms with Gasteiger partial charge in [0.25, 0.3) is 0 Å². The molecular formula is C19H18ClN3O3. The summed E-state index contributed by atoms with van der Waals surface area (Å²) in [6.45, 7) is 0.853. The van der Waals surface area contributed by atoms with E-state index in [0.29, 0.717) is 36.7 Å². The van der Waals surface area contributed by atoms with E-state index >= 15 is 0 Å². The minimum atomic E-state index is -0.0286. The Balaban J connectivity index is 1.59. The first-order valence-corrected chi connectivity index (χ1v) is 8.96. The summed E-state index contributed by atoms with van der Waals surface area (Å²) in [5.74, 6) is 2.25. The number of ether oxygens (including phenoxy) is 1. The Kier molecular flexibility index (Phi) is 4.75. The first-order valence-electron chi connectivity index (χ1n) is 8.59. The zero-order chi connectivity index (χ0) is 17.9. The van der Waals surface area contributed by atoms with Gasteiger partial charge in [-0.15, -0.1) is 0 Å². The molecule has 7 heteroatoms. The van der Waals surface area contributed by atoms with Crippen LogP contribution in [0.25, 0.3) is 10.9 Å². The van der Waals surface area contributed by atoms with Crippen LogP contribution in [0, 0.1) is 5.92 Å². The average Bonchev–Trinajstić information content (AvgIpc) is 3.29. The largest absolute Gasteiger partial charge is 0.491 e. The summed E-state index contributed by atoms with van der Waals surface area (Å²) >= 11 is 6.11. The van der Waals surface area contributed by atoms with Gasteiger partial charge in [0.15, 0.2) is 0 Å². The molecule has 1 aliphatic carbocycles. The molecule has 1 N–H and O–H groups in total. The number of furan rings is 1. The minimum absolute atomic E-state index is 0.0286.